The van der Waals surface area contributed by atoms with Crippen molar-refractivity contribution in [3.8, 4) is 5.75 Å². The fourth-order valence-electron chi connectivity index (χ4n) is 1.47. The Bertz CT molecular complexity index is 338. The highest BCUT2D eigenvalue weighted by atomic mass is 19.4. The second-order valence-corrected chi connectivity index (χ2v) is 3.48. The number of para-hydroxylation sites is 1. The minimum Gasteiger partial charge on any atom is -0.405 e. The molecule has 0 spiro atoms. The van der Waals surface area contributed by atoms with Crippen molar-refractivity contribution in [2.75, 3.05) is 0 Å². The molecule has 0 aliphatic carbocycles. The normalized spacial score (nSPS) is 13.6. The van der Waals surface area contributed by atoms with Crippen LogP contribution >= 0.6 is 0 Å². The maximum atomic E-state index is 12.1. The van der Waals surface area contributed by atoms with Gasteiger partial charge in [-0.1, -0.05) is 31.5 Å². The summed E-state index contributed by atoms with van der Waals surface area (Å²) in [6.45, 7) is 1.92. The summed E-state index contributed by atoms with van der Waals surface area (Å²) in [6.07, 6.45) is -3.25. The fourth-order valence-corrected chi connectivity index (χ4v) is 1.47. The molecule has 0 amide bonds. The number of benzene rings is 1. The predicted octanol–water partition coefficient (Wildman–Crippen LogP) is 3.39. The molecule has 5 heteroatoms. The average molecular weight is 233 g/mol. The highest BCUT2D eigenvalue weighted by molar-refractivity contribution is 5.35. The van der Waals surface area contributed by atoms with Gasteiger partial charge in [-0.05, 0) is 12.5 Å². The van der Waals surface area contributed by atoms with Crippen LogP contribution in [0.15, 0.2) is 24.3 Å². The van der Waals surface area contributed by atoms with Gasteiger partial charge in [0.2, 0.25) is 0 Å². The van der Waals surface area contributed by atoms with Crippen LogP contribution < -0.4 is 10.5 Å². The number of hydrogen-bond donors (Lipinski definition) is 1. The summed E-state index contributed by atoms with van der Waals surface area (Å²) >= 11 is 0. The van der Waals surface area contributed by atoms with Gasteiger partial charge in [-0.3, -0.25) is 0 Å². The second-order valence-electron chi connectivity index (χ2n) is 3.48. The van der Waals surface area contributed by atoms with Crippen molar-refractivity contribution in [2.45, 2.75) is 32.2 Å². The molecule has 0 saturated heterocycles. The minimum atomic E-state index is -4.68. The molecular weight excluding hydrogens is 219 g/mol. The van der Waals surface area contributed by atoms with E-state index in [1.165, 1.54) is 12.1 Å². The minimum absolute atomic E-state index is 0.212. The Morgan fingerprint density at radius 2 is 1.94 bits per heavy atom. The number of rotatable bonds is 4. The topological polar surface area (TPSA) is 35.2 Å². The van der Waals surface area contributed by atoms with Gasteiger partial charge in [0.05, 0.1) is 0 Å². The van der Waals surface area contributed by atoms with E-state index in [1.807, 2.05) is 6.92 Å². The lowest BCUT2D eigenvalue weighted by Crippen LogP contribution is -2.20. The van der Waals surface area contributed by atoms with Gasteiger partial charge in [-0.2, -0.15) is 0 Å². The van der Waals surface area contributed by atoms with E-state index >= 15 is 0 Å². The Labute approximate surface area is 92.2 Å². The van der Waals surface area contributed by atoms with Crippen LogP contribution in [0.4, 0.5) is 13.2 Å². The number of halogens is 3. The molecule has 0 aliphatic rings. The van der Waals surface area contributed by atoms with E-state index < -0.39 is 12.4 Å². The molecule has 2 N–H and O–H groups in total. The lowest BCUT2D eigenvalue weighted by molar-refractivity contribution is -0.275. The fraction of sp³-hybridized carbons (Fsp3) is 0.455. The average Bonchev–Trinajstić information content (AvgIpc) is 2.16. The molecule has 1 atom stereocenters. The summed E-state index contributed by atoms with van der Waals surface area (Å²) in [7, 11) is 0. The van der Waals surface area contributed by atoms with Crippen molar-refractivity contribution < 1.29 is 17.9 Å². The van der Waals surface area contributed by atoms with E-state index in [0.29, 0.717) is 12.0 Å². The molecule has 90 valence electrons. The van der Waals surface area contributed by atoms with Gasteiger partial charge in [0.25, 0.3) is 0 Å². The first-order valence-electron chi connectivity index (χ1n) is 5.04. The molecule has 1 rings (SSSR count). The molecule has 0 aromatic heterocycles. The van der Waals surface area contributed by atoms with Crippen molar-refractivity contribution in [2.24, 2.45) is 5.73 Å². The Balaban J connectivity index is 2.91. The zero-order valence-electron chi connectivity index (χ0n) is 8.92. The van der Waals surface area contributed by atoms with Crippen LogP contribution in [-0.2, 0) is 0 Å². The molecule has 0 fully saturated rings. The Hall–Kier alpha value is -1.23. The van der Waals surface area contributed by atoms with Crippen LogP contribution in [0.3, 0.4) is 0 Å². The summed E-state index contributed by atoms with van der Waals surface area (Å²) in [5.74, 6) is -0.212. The molecular formula is C11H14F3NO. The summed E-state index contributed by atoms with van der Waals surface area (Å²) in [4.78, 5) is 0. The van der Waals surface area contributed by atoms with Gasteiger partial charge in [0.15, 0.2) is 0 Å². The van der Waals surface area contributed by atoms with Crippen molar-refractivity contribution in [1.29, 1.82) is 0 Å². The SMILES string of the molecule is CCC[C@@H](N)c1ccccc1OC(F)(F)F. The third kappa shape index (κ3) is 3.73. The monoisotopic (exact) mass is 233 g/mol. The van der Waals surface area contributed by atoms with Gasteiger partial charge in [0, 0.05) is 11.6 Å². The number of hydrogen-bond acceptors (Lipinski definition) is 2. The van der Waals surface area contributed by atoms with E-state index in [1.54, 1.807) is 12.1 Å². The van der Waals surface area contributed by atoms with Gasteiger partial charge >= 0.3 is 6.36 Å². The first-order chi connectivity index (χ1) is 7.44. The zero-order chi connectivity index (χ0) is 12.2. The summed E-state index contributed by atoms with van der Waals surface area (Å²) in [6, 6.07) is 5.54. The molecule has 0 radical (unpaired) electrons. The van der Waals surface area contributed by atoms with Gasteiger partial charge in [0.1, 0.15) is 5.75 Å². The largest absolute Gasteiger partial charge is 0.573 e. The van der Waals surface area contributed by atoms with Crippen LogP contribution in [0, 0.1) is 0 Å². The quantitative estimate of drug-likeness (QED) is 0.865. The van der Waals surface area contributed by atoms with Gasteiger partial charge < -0.3 is 10.5 Å². The van der Waals surface area contributed by atoms with Crippen molar-refractivity contribution >= 4 is 0 Å². The predicted molar refractivity (Wildman–Crippen MR) is 55.0 cm³/mol. The van der Waals surface area contributed by atoms with Crippen molar-refractivity contribution in [3.05, 3.63) is 29.8 Å². The molecule has 0 saturated carbocycles. The number of alkyl halides is 3. The maximum Gasteiger partial charge on any atom is 0.573 e. The molecule has 1 aromatic rings. The molecule has 1 aromatic carbocycles. The molecule has 0 unspecified atom stereocenters. The third-order valence-corrected chi connectivity index (χ3v) is 2.14. The van der Waals surface area contributed by atoms with Crippen LogP contribution in [-0.4, -0.2) is 6.36 Å². The first kappa shape index (κ1) is 12.8. The molecule has 0 bridgehead atoms. The van der Waals surface area contributed by atoms with Crippen molar-refractivity contribution in [1.82, 2.24) is 0 Å². The standard InChI is InChI=1S/C11H14F3NO/c1-2-5-9(15)8-6-3-4-7-10(8)16-11(12,13)14/h3-4,6-7,9H,2,5,15H2,1H3/t9-/m1/s1. The molecule has 16 heavy (non-hydrogen) atoms. The summed E-state index contributed by atoms with van der Waals surface area (Å²) in [5, 5.41) is 0. The maximum absolute atomic E-state index is 12.1. The highest BCUT2D eigenvalue weighted by Crippen LogP contribution is 2.30. The lowest BCUT2D eigenvalue weighted by Gasteiger charge is -2.17. The molecule has 0 aliphatic heterocycles. The number of ether oxygens (including phenoxy) is 1. The number of nitrogens with two attached hydrogens (primary N) is 1. The Morgan fingerprint density at radius 1 is 1.31 bits per heavy atom. The van der Waals surface area contributed by atoms with Gasteiger partial charge in [-0.25, -0.2) is 0 Å². The highest BCUT2D eigenvalue weighted by Gasteiger charge is 2.32. The Morgan fingerprint density at radius 3 is 2.50 bits per heavy atom. The first-order valence-corrected chi connectivity index (χ1v) is 5.04. The Kier molecular flexibility index (Phi) is 4.18. The van der Waals surface area contributed by atoms with Crippen LogP contribution in [0.25, 0.3) is 0 Å². The van der Waals surface area contributed by atoms with E-state index in [0.717, 1.165) is 6.42 Å². The smallest absolute Gasteiger partial charge is 0.405 e. The lowest BCUT2D eigenvalue weighted by atomic mass is 10.0. The van der Waals surface area contributed by atoms with Gasteiger partial charge in [-0.15, -0.1) is 13.2 Å². The van der Waals surface area contributed by atoms with Crippen molar-refractivity contribution in [3.63, 3.8) is 0 Å². The molecule has 0 heterocycles. The van der Waals surface area contributed by atoms with Crippen LogP contribution in [0.2, 0.25) is 0 Å². The van der Waals surface area contributed by atoms with E-state index in [-0.39, 0.29) is 5.75 Å². The van der Waals surface area contributed by atoms with E-state index in [9.17, 15) is 13.2 Å². The molecule has 2 nitrogen and oxygen atoms in total. The third-order valence-electron chi connectivity index (χ3n) is 2.14. The van der Waals surface area contributed by atoms with Crippen LogP contribution in [0.5, 0.6) is 5.75 Å². The van der Waals surface area contributed by atoms with E-state index in [2.05, 4.69) is 4.74 Å². The summed E-state index contributed by atoms with van der Waals surface area (Å²) in [5.41, 5.74) is 6.17. The second kappa shape index (κ2) is 5.21. The van der Waals surface area contributed by atoms with E-state index in [4.69, 9.17) is 5.73 Å². The van der Waals surface area contributed by atoms with Crippen LogP contribution in [0.1, 0.15) is 31.4 Å². The summed E-state index contributed by atoms with van der Waals surface area (Å²) < 4.78 is 40.2. The zero-order valence-corrected chi connectivity index (χ0v) is 8.92.